The van der Waals surface area contributed by atoms with Crippen molar-refractivity contribution in [2.75, 3.05) is 0 Å². The topological polar surface area (TPSA) is 54.4 Å². The van der Waals surface area contributed by atoms with Crippen LogP contribution < -0.4 is 0 Å². The summed E-state index contributed by atoms with van der Waals surface area (Å²) >= 11 is 0. The molecule has 1 aromatic carbocycles. The fourth-order valence-electron chi connectivity index (χ4n) is 1.22. The molecule has 16 heavy (non-hydrogen) atoms. The van der Waals surface area contributed by atoms with Crippen LogP contribution in [0.5, 0.6) is 0 Å². The molecule has 0 saturated heterocycles. The number of hydrogen-bond acceptors (Lipinski definition) is 2. The minimum atomic E-state index is -5.15. The predicted octanol–water partition coefficient (Wildman–Crippen LogP) is 1.99. The third-order valence-corrected chi connectivity index (χ3v) is 1.92. The van der Waals surface area contributed by atoms with Crippen LogP contribution in [0.4, 0.5) is 13.2 Å². The molecule has 0 amide bonds. The lowest BCUT2D eigenvalue weighted by Gasteiger charge is -2.13. The van der Waals surface area contributed by atoms with Crippen LogP contribution in [0.15, 0.2) is 30.3 Å². The summed E-state index contributed by atoms with van der Waals surface area (Å²) in [7, 11) is 0. The van der Waals surface area contributed by atoms with Gasteiger partial charge in [0.25, 0.3) is 5.78 Å². The lowest BCUT2D eigenvalue weighted by atomic mass is 9.94. The molecule has 0 radical (unpaired) electrons. The highest BCUT2D eigenvalue weighted by Gasteiger charge is 2.47. The molecule has 0 saturated carbocycles. The zero-order chi connectivity index (χ0) is 12.3. The molecule has 1 N–H and O–H groups in total. The average Bonchev–Trinajstić information content (AvgIpc) is 2.17. The monoisotopic (exact) mass is 232 g/mol. The van der Waals surface area contributed by atoms with Gasteiger partial charge in [0.15, 0.2) is 0 Å². The van der Waals surface area contributed by atoms with E-state index in [2.05, 4.69) is 0 Å². The van der Waals surface area contributed by atoms with Gasteiger partial charge in [-0.3, -0.25) is 9.59 Å². The number of halogens is 3. The van der Waals surface area contributed by atoms with Gasteiger partial charge in [0.05, 0.1) is 0 Å². The maximum Gasteiger partial charge on any atom is 0.451 e. The zero-order valence-electron chi connectivity index (χ0n) is 7.86. The number of aliphatic carboxylic acids is 1. The standard InChI is InChI=1S/C10H7F3O3/c11-10(12,13)8(14)7(9(15)16)6-4-2-1-3-5-6/h1-5,7H,(H,15,16). The number of carboxylic acids is 1. The molecule has 1 unspecified atom stereocenters. The lowest BCUT2D eigenvalue weighted by Crippen LogP contribution is -2.33. The van der Waals surface area contributed by atoms with Gasteiger partial charge in [-0.2, -0.15) is 13.2 Å². The summed E-state index contributed by atoms with van der Waals surface area (Å²) in [5.74, 6) is -6.28. The summed E-state index contributed by atoms with van der Waals surface area (Å²) in [6, 6.07) is 6.59. The highest BCUT2D eigenvalue weighted by molar-refractivity contribution is 6.06. The van der Waals surface area contributed by atoms with E-state index in [9.17, 15) is 22.8 Å². The number of carbonyl (C=O) groups is 2. The number of Topliss-reactive ketones (excluding diaryl/α,β-unsaturated/α-hetero) is 1. The van der Waals surface area contributed by atoms with Gasteiger partial charge in [0.1, 0.15) is 5.92 Å². The van der Waals surface area contributed by atoms with Crippen molar-refractivity contribution in [3.63, 3.8) is 0 Å². The minimum absolute atomic E-state index is 0.183. The van der Waals surface area contributed by atoms with E-state index in [0.29, 0.717) is 0 Å². The van der Waals surface area contributed by atoms with Crippen molar-refractivity contribution in [2.45, 2.75) is 12.1 Å². The Balaban J connectivity index is 3.12. The molecule has 0 heterocycles. The van der Waals surface area contributed by atoms with Crippen LogP contribution in [0, 0.1) is 0 Å². The van der Waals surface area contributed by atoms with Gasteiger partial charge in [-0.25, -0.2) is 0 Å². The van der Waals surface area contributed by atoms with Gasteiger partial charge in [0.2, 0.25) is 0 Å². The van der Waals surface area contributed by atoms with Crippen LogP contribution >= 0.6 is 0 Å². The Kier molecular flexibility index (Phi) is 3.31. The lowest BCUT2D eigenvalue weighted by molar-refractivity contribution is -0.176. The van der Waals surface area contributed by atoms with E-state index >= 15 is 0 Å². The van der Waals surface area contributed by atoms with Crippen molar-refractivity contribution in [3.05, 3.63) is 35.9 Å². The Morgan fingerprint density at radius 1 is 1.12 bits per heavy atom. The molecule has 0 aliphatic rings. The average molecular weight is 232 g/mol. The Hall–Kier alpha value is -1.85. The largest absolute Gasteiger partial charge is 0.480 e. The molecular formula is C10H7F3O3. The Bertz CT molecular complexity index is 398. The van der Waals surface area contributed by atoms with Gasteiger partial charge in [-0.1, -0.05) is 30.3 Å². The fraction of sp³-hybridized carbons (Fsp3) is 0.200. The van der Waals surface area contributed by atoms with Crippen LogP contribution in [-0.2, 0) is 9.59 Å². The predicted molar refractivity (Wildman–Crippen MR) is 47.9 cm³/mol. The molecule has 1 rings (SSSR count). The van der Waals surface area contributed by atoms with Gasteiger partial charge in [-0.15, -0.1) is 0 Å². The molecule has 86 valence electrons. The highest BCUT2D eigenvalue weighted by atomic mass is 19.4. The van der Waals surface area contributed by atoms with E-state index in [1.165, 1.54) is 30.3 Å². The first-order valence-corrected chi connectivity index (χ1v) is 4.23. The van der Waals surface area contributed by atoms with Crippen LogP contribution in [0.3, 0.4) is 0 Å². The van der Waals surface area contributed by atoms with Crippen molar-refractivity contribution in [1.82, 2.24) is 0 Å². The van der Waals surface area contributed by atoms with E-state index in [0.717, 1.165) is 0 Å². The van der Waals surface area contributed by atoms with E-state index in [1.807, 2.05) is 0 Å². The van der Waals surface area contributed by atoms with Crippen LogP contribution in [-0.4, -0.2) is 23.0 Å². The minimum Gasteiger partial charge on any atom is -0.480 e. The molecule has 3 nitrogen and oxygen atoms in total. The molecule has 1 atom stereocenters. The van der Waals surface area contributed by atoms with Gasteiger partial charge >= 0.3 is 12.1 Å². The third-order valence-electron chi connectivity index (χ3n) is 1.92. The van der Waals surface area contributed by atoms with Crippen molar-refractivity contribution in [3.8, 4) is 0 Å². The Morgan fingerprint density at radius 2 is 1.62 bits per heavy atom. The van der Waals surface area contributed by atoms with Crippen molar-refractivity contribution in [2.24, 2.45) is 0 Å². The first-order valence-electron chi connectivity index (χ1n) is 4.23. The van der Waals surface area contributed by atoms with Crippen LogP contribution in [0.1, 0.15) is 11.5 Å². The summed E-state index contributed by atoms with van der Waals surface area (Å²) in [6.45, 7) is 0. The van der Waals surface area contributed by atoms with Gasteiger partial charge < -0.3 is 5.11 Å². The van der Waals surface area contributed by atoms with E-state index in [4.69, 9.17) is 5.11 Å². The molecule has 0 fully saturated rings. The number of rotatable bonds is 3. The number of hydrogen-bond donors (Lipinski definition) is 1. The zero-order valence-corrected chi connectivity index (χ0v) is 7.86. The normalized spacial score (nSPS) is 13.2. The van der Waals surface area contributed by atoms with Gasteiger partial charge in [0, 0.05) is 0 Å². The summed E-state index contributed by atoms with van der Waals surface area (Å²) < 4.78 is 36.4. The molecule has 0 spiro atoms. The summed E-state index contributed by atoms with van der Waals surface area (Å²) in [5, 5.41) is 8.64. The smallest absolute Gasteiger partial charge is 0.451 e. The SMILES string of the molecule is O=C(O)C(C(=O)C(F)(F)F)c1ccccc1. The van der Waals surface area contributed by atoms with Crippen molar-refractivity contribution < 1.29 is 27.9 Å². The second-order valence-electron chi connectivity index (χ2n) is 3.04. The molecular weight excluding hydrogens is 225 g/mol. The van der Waals surface area contributed by atoms with E-state index < -0.39 is 23.8 Å². The molecule has 6 heteroatoms. The maximum atomic E-state index is 12.1. The molecule has 0 aliphatic heterocycles. The van der Waals surface area contributed by atoms with Crippen molar-refractivity contribution in [1.29, 1.82) is 0 Å². The number of carboxylic acid groups (broad SMARTS) is 1. The van der Waals surface area contributed by atoms with E-state index in [-0.39, 0.29) is 5.56 Å². The number of carbonyl (C=O) groups excluding carboxylic acids is 1. The van der Waals surface area contributed by atoms with Crippen LogP contribution in [0.25, 0.3) is 0 Å². The molecule has 0 aliphatic carbocycles. The first-order chi connectivity index (χ1) is 7.34. The molecule has 0 bridgehead atoms. The summed E-state index contributed by atoms with van der Waals surface area (Å²) in [4.78, 5) is 21.6. The van der Waals surface area contributed by atoms with E-state index in [1.54, 1.807) is 0 Å². The van der Waals surface area contributed by atoms with Crippen LogP contribution in [0.2, 0.25) is 0 Å². The highest BCUT2D eigenvalue weighted by Crippen LogP contribution is 2.27. The summed E-state index contributed by atoms with van der Waals surface area (Å²) in [5.41, 5.74) is -0.183. The van der Waals surface area contributed by atoms with Crippen molar-refractivity contribution >= 4 is 11.8 Å². The fourth-order valence-corrected chi connectivity index (χ4v) is 1.22. The number of alkyl halides is 3. The maximum absolute atomic E-state index is 12.1. The first kappa shape index (κ1) is 12.2. The third kappa shape index (κ3) is 2.59. The second-order valence-corrected chi connectivity index (χ2v) is 3.04. The summed E-state index contributed by atoms with van der Waals surface area (Å²) in [6.07, 6.45) is -5.15. The Morgan fingerprint density at radius 3 is 2.00 bits per heavy atom. The van der Waals surface area contributed by atoms with Gasteiger partial charge in [-0.05, 0) is 5.56 Å². The molecule has 0 aromatic heterocycles. The number of ketones is 1. The quantitative estimate of drug-likeness (QED) is 0.811. The Labute approximate surface area is 88.5 Å². The molecule has 1 aromatic rings. The number of benzene rings is 1. The second kappa shape index (κ2) is 4.34.